The van der Waals surface area contributed by atoms with E-state index in [1.165, 1.54) is 0 Å². The van der Waals surface area contributed by atoms with Crippen molar-refractivity contribution in [1.29, 1.82) is 5.26 Å². The maximum atomic E-state index is 8.86. The second-order valence-corrected chi connectivity index (χ2v) is 6.31. The molecule has 26 heavy (non-hydrogen) atoms. The van der Waals surface area contributed by atoms with Crippen molar-refractivity contribution in [3.05, 3.63) is 53.1 Å². The number of rotatable bonds is 4. The van der Waals surface area contributed by atoms with Gasteiger partial charge in [0.25, 0.3) is 0 Å². The molecule has 8 heteroatoms. The van der Waals surface area contributed by atoms with E-state index in [1.54, 1.807) is 22.2 Å². The number of hydrogen-bond acceptors (Lipinski definition) is 8. The van der Waals surface area contributed by atoms with Crippen LogP contribution in [0, 0.1) is 25.2 Å². The summed E-state index contributed by atoms with van der Waals surface area (Å²) in [7, 11) is 0. The summed E-state index contributed by atoms with van der Waals surface area (Å²) in [5, 5.41) is 18.7. The molecule has 6 N–H and O–H groups in total. The normalized spacial score (nSPS) is 18.3. The molecule has 0 amide bonds. The minimum absolute atomic E-state index is 0.253. The molecule has 0 saturated carbocycles. The molecule has 0 radical (unpaired) electrons. The highest BCUT2D eigenvalue weighted by molar-refractivity contribution is 5.52. The van der Waals surface area contributed by atoms with Crippen molar-refractivity contribution in [1.82, 2.24) is 15.4 Å². The van der Waals surface area contributed by atoms with Crippen LogP contribution in [0.2, 0.25) is 0 Å². The molecule has 0 spiro atoms. The molecule has 1 fully saturated rings. The number of nitriles is 1. The predicted octanol–water partition coefficient (Wildman–Crippen LogP) is 1.44. The van der Waals surface area contributed by atoms with Gasteiger partial charge in [-0.2, -0.15) is 10.3 Å². The number of nitrogens with two attached hydrogens (primary N) is 2. The van der Waals surface area contributed by atoms with E-state index in [0.717, 1.165) is 28.3 Å². The lowest BCUT2D eigenvalue weighted by atomic mass is 10.1. The maximum Gasteiger partial charge on any atom is 0.153 e. The Bertz CT molecular complexity index is 792. The molecule has 1 aliphatic rings. The summed E-state index contributed by atoms with van der Waals surface area (Å²) in [6.07, 6.45) is -0.253. The van der Waals surface area contributed by atoms with E-state index < -0.39 is 0 Å². The van der Waals surface area contributed by atoms with Crippen molar-refractivity contribution in [2.24, 2.45) is 5.84 Å². The summed E-state index contributed by atoms with van der Waals surface area (Å²) in [4.78, 5) is 6.00. The standard InChI is InChI=1S/C18H23N7O/c1-12-7-15(20)8-13(2)17(12)26-24-10-22-18(25(21)11-24)23-16-5-3-14(9-19)4-6-16/h3-8,18,22-23H,10-11,20-21H2,1-2H3. The number of hydroxylamine groups is 2. The SMILES string of the molecule is Cc1cc(N)cc(C)c1ON1CNC(Nc2ccc(C#N)cc2)N(N)C1. The lowest BCUT2D eigenvalue weighted by Gasteiger charge is -2.39. The highest BCUT2D eigenvalue weighted by Gasteiger charge is 2.26. The average molecular weight is 353 g/mol. The van der Waals surface area contributed by atoms with Crippen molar-refractivity contribution in [2.45, 2.75) is 20.1 Å². The molecule has 1 unspecified atom stereocenters. The van der Waals surface area contributed by atoms with Crippen LogP contribution < -0.4 is 27.0 Å². The molecule has 2 aromatic carbocycles. The molecule has 1 aliphatic heterocycles. The van der Waals surface area contributed by atoms with Crippen LogP contribution >= 0.6 is 0 Å². The van der Waals surface area contributed by atoms with Crippen LogP contribution in [0.15, 0.2) is 36.4 Å². The monoisotopic (exact) mass is 353 g/mol. The van der Waals surface area contributed by atoms with Crippen LogP contribution in [0.1, 0.15) is 16.7 Å². The van der Waals surface area contributed by atoms with E-state index in [4.69, 9.17) is 21.7 Å². The lowest BCUT2D eigenvalue weighted by molar-refractivity contribution is -0.142. The number of nitrogens with one attached hydrogen (secondary N) is 2. The first kappa shape index (κ1) is 18.0. The van der Waals surface area contributed by atoms with Crippen molar-refractivity contribution >= 4 is 11.4 Å². The second kappa shape index (κ2) is 7.59. The van der Waals surface area contributed by atoms with Crippen molar-refractivity contribution in [3.63, 3.8) is 0 Å². The maximum absolute atomic E-state index is 8.86. The summed E-state index contributed by atoms with van der Waals surface area (Å²) in [6.45, 7) is 4.83. The second-order valence-electron chi connectivity index (χ2n) is 6.31. The van der Waals surface area contributed by atoms with Crippen molar-refractivity contribution < 1.29 is 4.84 Å². The summed E-state index contributed by atoms with van der Waals surface area (Å²) in [6, 6.07) is 13.1. The molecule has 8 nitrogen and oxygen atoms in total. The van der Waals surface area contributed by atoms with Gasteiger partial charge in [-0.1, -0.05) is 0 Å². The number of aryl methyl sites for hydroxylation is 2. The zero-order valence-electron chi connectivity index (χ0n) is 14.9. The zero-order valence-corrected chi connectivity index (χ0v) is 14.9. The Morgan fingerprint density at radius 3 is 2.46 bits per heavy atom. The molecule has 1 atom stereocenters. The summed E-state index contributed by atoms with van der Waals surface area (Å²) in [5.41, 5.74) is 10.0. The van der Waals surface area contributed by atoms with Gasteiger partial charge in [0.05, 0.1) is 18.3 Å². The van der Waals surface area contributed by atoms with Gasteiger partial charge < -0.3 is 15.9 Å². The Hall–Kier alpha value is -2.83. The van der Waals surface area contributed by atoms with Crippen LogP contribution in [0.25, 0.3) is 0 Å². The first-order valence-electron chi connectivity index (χ1n) is 8.27. The number of nitrogen functional groups attached to an aromatic ring is 1. The number of hydrogen-bond donors (Lipinski definition) is 4. The molecule has 1 saturated heterocycles. The Morgan fingerprint density at radius 2 is 1.88 bits per heavy atom. The van der Waals surface area contributed by atoms with E-state index in [1.807, 2.05) is 38.1 Å². The fourth-order valence-corrected chi connectivity index (χ4v) is 2.87. The highest BCUT2D eigenvalue weighted by Crippen LogP contribution is 2.27. The minimum Gasteiger partial charge on any atom is -0.403 e. The largest absolute Gasteiger partial charge is 0.403 e. The summed E-state index contributed by atoms with van der Waals surface area (Å²) in [5.74, 6) is 6.93. The van der Waals surface area contributed by atoms with Gasteiger partial charge >= 0.3 is 0 Å². The first-order chi connectivity index (χ1) is 12.5. The first-order valence-corrected chi connectivity index (χ1v) is 8.27. The third-order valence-corrected chi connectivity index (χ3v) is 4.13. The van der Waals surface area contributed by atoms with E-state index in [9.17, 15) is 0 Å². The fourth-order valence-electron chi connectivity index (χ4n) is 2.87. The van der Waals surface area contributed by atoms with Crippen molar-refractivity contribution in [3.8, 4) is 11.8 Å². The van der Waals surface area contributed by atoms with E-state index in [2.05, 4.69) is 16.7 Å². The van der Waals surface area contributed by atoms with Gasteiger partial charge in [0.2, 0.25) is 0 Å². The third kappa shape index (κ3) is 4.04. The Balaban J connectivity index is 1.60. The zero-order chi connectivity index (χ0) is 18.7. The van der Waals surface area contributed by atoms with Crippen LogP contribution in [0.5, 0.6) is 5.75 Å². The van der Waals surface area contributed by atoms with Crippen LogP contribution in [-0.2, 0) is 0 Å². The van der Waals surface area contributed by atoms with Gasteiger partial charge in [-0.15, -0.1) is 5.06 Å². The molecule has 136 valence electrons. The average Bonchev–Trinajstić information content (AvgIpc) is 2.61. The summed E-state index contributed by atoms with van der Waals surface area (Å²) < 4.78 is 0. The smallest absolute Gasteiger partial charge is 0.153 e. The number of hydrazine groups is 1. The number of benzene rings is 2. The van der Waals surface area contributed by atoms with Gasteiger partial charge in [-0.3, -0.25) is 11.2 Å². The fraction of sp³-hybridized carbons (Fsp3) is 0.278. The van der Waals surface area contributed by atoms with Crippen LogP contribution in [0.3, 0.4) is 0 Å². The minimum atomic E-state index is -0.253. The van der Waals surface area contributed by atoms with Gasteiger partial charge in [0, 0.05) is 11.4 Å². The molecule has 3 rings (SSSR count). The Morgan fingerprint density at radius 1 is 1.23 bits per heavy atom. The summed E-state index contributed by atoms with van der Waals surface area (Å²) >= 11 is 0. The highest BCUT2D eigenvalue weighted by atomic mass is 16.7. The molecule has 2 aromatic rings. The van der Waals surface area contributed by atoms with E-state index in [-0.39, 0.29) is 6.29 Å². The molecule has 0 aliphatic carbocycles. The van der Waals surface area contributed by atoms with Crippen molar-refractivity contribution in [2.75, 3.05) is 24.4 Å². The van der Waals surface area contributed by atoms with Crippen LogP contribution in [-0.4, -0.2) is 29.7 Å². The molecular formula is C18H23N7O. The molecular weight excluding hydrogens is 330 g/mol. The predicted molar refractivity (Wildman–Crippen MR) is 100 cm³/mol. The van der Waals surface area contributed by atoms with Gasteiger partial charge in [0.1, 0.15) is 13.0 Å². The van der Waals surface area contributed by atoms with Gasteiger partial charge in [-0.25, -0.2) is 0 Å². The quantitative estimate of drug-likeness (QED) is 0.482. The number of nitrogens with zero attached hydrogens (tertiary/aromatic N) is 3. The van der Waals surface area contributed by atoms with E-state index >= 15 is 0 Å². The lowest BCUT2D eigenvalue weighted by Crippen LogP contribution is -2.65. The Kier molecular flexibility index (Phi) is 5.25. The molecule has 0 aromatic heterocycles. The van der Waals surface area contributed by atoms with Crippen LogP contribution in [0.4, 0.5) is 11.4 Å². The van der Waals surface area contributed by atoms with E-state index in [0.29, 0.717) is 18.9 Å². The third-order valence-electron chi connectivity index (χ3n) is 4.13. The van der Waals surface area contributed by atoms with Gasteiger partial charge in [-0.05, 0) is 61.4 Å². The topological polar surface area (TPSA) is 116 Å². The number of anilines is 2. The molecule has 1 heterocycles. The Labute approximate surface area is 152 Å². The molecule has 0 bridgehead atoms. The van der Waals surface area contributed by atoms with Gasteiger partial charge in [0.15, 0.2) is 5.75 Å².